The number of nitrogens with one attached hydrogen (secondary N) is 1. The maximum atomic E-state index is 4.48. The lowest BCUT2D eigenvalue weighted by atomic mass is 10.1. The van der Waals surface area contributed by atoms with E-state index in [1.807, 2.05) is 27.0 Å². The maximum Gasteiger partial charge on any atom is 0.178 e. The highest BCUT2D eigenvalue weighted by molar-refractivity contribution is 5.49. The van der Waals surface area contributed by atoms with Crippen LogP contribution in [0.5, 0.6) is 0 Å². The van der Waals surface area contributed by atoms with Gasteiger partial charge in [0, 0.05) is 29.7 Å². The second-order valence-electron chi connectivity index (χ2n) is 3.82. The van der Waals surface area contributed by atoms with Crippen LogP contribution in [0, 0.1) is 13.8 Å². The molecule has 0 saturated heterocycles. The van der Waals surface area contributed by atoms with Gasteiger partial charge in [0.05, 0.1) is 0 Å². The van der Waals surface area contributed by atoms with Crippen molar-refractivity contribution in [2.24, 2.45) is 0 Å². The Morgan fingerprint density at radius 3 is 2.41 bits per heavy atom. The van der Waals surface area contributed by atoms with Gasteiger partial charge in [-0.2, -0.15) is 0 Å². The van der Waals surface area contributed by atoms with E-state index in [9.17, 15) is 0 Å². The van der Waals surface area contributed by atoms with Gasteiger partial charge in [0.2, 0.25) is 0 Å². The van der Waals surface area contributed by atoms with E-state index in [1.165, 1.54) is 6.33 Å². The van der Waals surface area contributed by atoms with Gasteiger partial charge in [0.1, 0.15) is 12.0 Å². The highest BCUT2D eigenvalue weighted by atomic mass is 15.0. The smallest absolute Gasteiger partial charge is 0.178 e. The van der Waals surface area contributed by atoms with Gasteiger partial charge in [-0.05, 0) is 27.0 Å². The van der Waals surface area contributed by atoms with Gasteiger partial charge in [0.25, 0.3) is 0 Å². The highest BCUT2D eigenvalue weighted by Crippen LogP contribution is 2.16. The summed E-state index contributed by atoms with van der Waals surface area (Å²) in [5.41, 5.74) is 3.87. The average molecular weight is 229 g/mol. The molecule has 2 aromatic heterocycles. The minimum Gasteiger partial charge on any atom is -0.316 e. The fourth-order valence-electron chi connectivity index (χ4n) is 1.71. The molecule has 0 amide bonds. The van der Waals surface area contributed by atoms with Crippen molar-refractivity contribution in [3.8, 4) is 11.5 Å². The van der Waals surface area contributed by atoms with Gasteiger partial charge in [0.15, 0.2) is 5.82 Å². The van der Waals surface area contributed by atoms with Crippen molar-refractivity contribution in [3.63, 3.8) is 0 Å². The Hall–Kier alpha value is -1.88. The van der Waals surface area contributed by atoms with Crippen LogP contribution < -0.4 is 5.32 Å². The lowest BCUT2D eigenvalue weighted by molar-refractivity contribution is 0.786. The number of hydrogen-bond acceptors (Lipinski definition) is 5. The van der Waals surface area contributed by atoms with E-state index in [1.54, 1.807) is 6.20 Å². The van der Waals surface area contributed by atoms with E-state index in [0.29, 0.717) is 5.82 Å². The highest BCUT2D eigenvalue weighted by Gasteiger charge is 2.09. The minimum absolute atomic E-state index is 0.655. The Morgan fingerprint density at radius 1 is 1.18 bits per heavy atom. The molecule has 2 rings (SSSR count). The van der Waals surface area contributed by atoms with Gasteiger partial charge in [-0.1, -0.05) is 0 Å². The van der Waals surface area contributed by atoms with Crippen LogP contribution in [0.25, 0.3) is 11.5 Å². The van der Waals surface area contributed by atoms with Crippen molar-refractivity contribution in [3.05, 3.63) is 35.5 Å². The topological polar surface area (TPSA) is 63.6 Å². The molecular weight excluding hydrogens is 214 g/mol. The summed E-state index contributed by atoms with van der Waals surface area (Å²) in [7, 11) is 1.91. The molecule has 0 radical (unpaired) electrons. The summed E-state index contributed by atoms with van der Waals surface area (Å²) >= 11 is 0. The summed E-state index contributed by atoms with van der Waals surface area (Å²) in [5, 5.41) is 3.12. The quantitative estimate of drug-likeness (QED) is 0.858. The second-order valence-corrected chi connectivity index (χ2v) is 3.82. The summed E-state index contributed by atoms with van der Waals surface area (Å²) in [6.07, 6.45) is 3.20. The molecule has 0 spiro atoms. The number of rotatable bonds is 3. The SMILES string of the molecule is CNCc1c(C)nc(-c2ccncn2)nc1C. The van der Waals surface area contributed by atoms with Crippen LogP contribution in [0.4, 0.5) is 0 Å². The van der Waals surface area contributed by atoms with Gasteiger partial charge < -0.3 is 5.32 Å². The Bertz CT molecular complexity index is 487. The van der Waals surface area contributed by atoms with Crippen LogP contribution in [0.15, 0.2) is 18.6 Å². The van der Waals surface area contributed by atoms with Crippen LogP contribution in [0.3, 0.4) is 0 Å². The maximum absolute atomic E-state index is 4.48. The fourth-order valence-corrected chi connectivity index (χ4v) is 1.71. The van der Waals surface area contributed by atoms with E-state index in [4.69, 9.17) is 0 Å². The molecule has 5 nitrogen and oxygen atoms in total. The molecule has 0 aliphatic heterocycles. The number of hydrogen-bond donors (Lipinski definition) is 1. The van der Waals surface area contributed by atoms with Gasteiger partial charge in [-0.15, -0.1) is 0 Å². The van der Waals surface area contributed by atoms with Crippen molar-refractivity contribution in [2.75, 3.05) is 7.05 Å². The molecule has 0 aromatic carbocycles. The van der Waals surface area contributed by atoms with E-state index < -0.39 is 0 Å². The lowest BCUT2D eigenvalue weighted by Crippen LogP contribution is -2.11. The number of aryl methyl sites for hydroxylation is 2. The third-order valence-corrected chi connectivity index (χ3v) is 2.59. The Balaban J connectivity index is 2.46. The molecule has 2 heterocycles. The Morgan fingerprint density at radius 2 is 1.88 bits per heavy atom. The average Bonchev–Trinajstić information content (AvgIpc) is 2.35. The largest absolute Gasteiger partial charge is 0.316 e. The first-order valence-corrected chi connectivity index (χ1v) is 5.47. The second kappa shape index (κ2) is 4.97. The third-order valence-electron chi connectivity index (χ3n) is 2.59. The first-order chi connectivity index (χ1) is 8.22. The molecule has 0 fully saturated rings. The van der Waals surface area contributed by atoms with Crippen molar-refractivity contribution >= 4 is 0 Å². The first-order valence-electron chi connectivity index (χ1n) is 5.47. The zero-order valence-electron chi connectivity index (χ0n) is 10.2. The van der Waals surface area contributed by atoms with Gasteiger partial charge >= 0.3 is 0 Å². The first kappa shape index (κ1) is 11.6. The Kier molecular flexibility index (Phi) is 3.39. The minimum atomic E-state index is 0.655. The molecule has 88 valence electrons. The molecule has 0 unspecified atom stereocenters. The molecule has 0 atom stereocenters. The van der Waals surface area contributed by atoms with Crippen LogP contribution in [-0.4, -0.2) is 27.0 Å². The predicted molar refractivity (Wildman–Crippen MR) is 65.3 cm³/mol. The molecule has 0 bridgehead atoms. The molecule has 1 N–H and O–H groups in total. The third kappa shape index (κ3) is 2.45. The summed E-state index contributed by atoms with van der Waals surface area (Å²) in [6, 6.07) is 1.81. The molecule has 0 saturated carbocycles. The van der Waals surface area contributed by atoms with Crippen LogP contribution in [0.1, 0.15) is 17.0 Å². The monoisotopic (exact) mass is 229 g/mol. The number of aromatic nitrogens is 4. The molecule has 2 aromatic rings. The van der Waals surface area contributed by atoms with Crippen molar-refractivity contribution < 1.29 is 0 Å². The Labute approximate surface area is 100 Å². The zero-order chi connectivity index (χ0) is 12.3. The standard InChI is InChI=1S/C12H15N5/c1-8-10(6-13-3)9(2)17-12(16-8)11-4-5-14-7-15-11/h4-5,7,13H,6H2,1-3H3. The van der Waals surface area contributed by atoms with Crippen molar-refractivity contribution in [1.82, 2.24) is 25.3 Å². The van der Waals surface area contributed by atoms with Crippen LogP contribution in [-0.2, 0) is 6.54 Å². The fraction of sp³-hybridized carbons (Fsp3) is 0.333. The predicted octanol–water partition coefficient (Wildman–Crippen LogP) is 1.27. The molecule has 17 heavy (non-hydrogen) atoms. The lowest BCUT2D eigenvalue weighted by Gasteiger charge is -2.09. The van der Waals surface area contributed by atoms with Gasteiger partial charge in [-0.3, -0.25) is 0 Å². The van der Waals surface area contributed by atoms with Crippen LogP contribution >= 0.6 is 0 Å². The normalized spacial score (nSPS) is 10.5. The molecule has 0 aliphatic carbocycles. The van der Waals surface area contributed by atoms with E-state index in [-0.39, 0.29) is 0 Å². The van der Waals surface area contributed by atoms with E-state index >= 15 is 0 Å². The molecule has 0 aliphatic rings. The summed E-state index contributed by atoms with van der Waals surface area (Å²) in [6.45, 7) is 4.76. The number of nitrogens with zero attached hydrogens (tertiary/aromatic N) is 4. The van der Waals surface area contributed by atoms with Crippen LogP contribution in [0.2, 0.25) is 0 Å². The summed E-state index contributed by atoms with van der Waals surface area (Å²) in [5.74, 6) is 0.655. The summed E-state index contributed by atoms with van der Waals surface area (Å²) in [4.78, 5) is 17.0. The van der Waals surface area contributed by atoms with Crippen molar-refractivity contribution in [2.45, 2.75) is 20.4 Å². The van der Waals surface area contributed by atoms with Gasteiger partial charge in [-0.25, -0.2) is 19.9 Å². The van der Waals surface area contributed by atoms with Crippen molar-refractivity contribution in [1.29, 1.82) is 0 Å². The zero-order valence-corrected chi connectivity index (χ0v) is 10.2. The van der Waals surface area contributed by atoms with E-state index in [2.05, 4.69) is 25.3 Å². The summed E-state index contributed by atoms with van der Waals surface area (Å²) < 4.78 is 0. The van der Waals surface area contributed by atoms with E-state index in [0.717, 1.165) is 29.2 Å². The molecular formula is C12H15N5. The molecule has 5 heteroatoms.